The zero-order valence-electron chi connectivity index (χ0n) is 14.9. The molecule has 0 radical (unpaired) electrons. The molecule has 132 valence electrons. The van der Waals surface area contributed by atoms with Crippen molar-refractivity contribution in [2.24, 2.45) is 0 Å². The molecule has 0 aromatic heterocycles. The van der Waals surface area contributed by atoms with Crippen molar-refractivity contribution in [3.63, 3.8) is 0 Å². The maximum absolute atomic E-state index is 12.3. The maximum Gasteiger partial charge on any atom is 0.257 e. The van der Waals surface area contributed by atoms with Crippen molar-refractivity contribution in [1.29, 1.82) is 0 Å². The van der Waals surface area contributed by atoms with E-state index in [0.29, 0.717) is 17.2 Å². The summed E-state index contributed by atoms with van der Waals surface area (Å²) in [5.74, 6) is 0.537. The second kappa shape index (κ2) is 9.18. The van der Waals surface area contributed by atoms with E-state index >= 15 is 0 Å². The van der Waals surface area contributed by atoms with Crippen LogP contribution < -0.4 is 10.1 Å². The number of nitrogens with one attached hydrogen (secondary N) is 1. The Balaban J connectivity index is 1.91. The maximum atomic E-state index is 12.3. The molecule has 0 aliphatic carbocycles. The fourth-order valence-corrected chi connectivity index (χ4v) is 2.35. The van der Waals surface area contributed by atoms with Crippen LogP contribution in [0.4, 0.5) is 0 Å². The number of amides is 1. The molecule has 0 spiro atoms. The summed E-state index contributed by atoms with van der Waals surface area (Å²) in [6, 6.07) is 17.1. The molecule has 0 saturated carbocycles. The molecule has 2 rings (SSSR count). The van der Waals surface area contributed by atoms with E-state index in [0.717, 1.165) is 17.7 Å². The molecule has 25 heavy (non-hydrogen) atoms. The minimum atomic E-state index is -0.222. The van der Waals surface area contributed by atoms with E-state index in [1.165, 1.54) is 0 Å². The first-order chi connectivity index (χ1) is 12.0. The third-order valence-corrected chi connectivity index (χ3v) is 4.27. The average Bonchev–Trinajstić information content (AvgIpc) is 2.62. The lowest BCUT2D eigenvalue weighted by molar-refractivity contribution is 0.0973. The Morgan fingerprint density at radius 3 is 2.40 bits per heavy atom. The van der Waals surface area contributed by atoms with E-state index in [1.54, 1.807) is 24.3 Å². The van der Waals surface area contributed by atoms with E-state index in [2.05, 4.69) is 12.2 Å². The summed E-state index contributed by atoms with van der Waals surface area (Å²) in [6.07, 6.45) is 1.09. The van der Waals surface area contributed by atoms with Crippen molar-refractivity contribution in [3.8, 4) is 5.75 Å². The van der Waals surface area contributed by atoms with Gasteiger partial charge in [0, 0.05) is 19.2 Å². The SMILES string of the molecule is CCC(C)Oc1ccc(C(=O)NC(=S)N(C)Cc2ccccc2)cc1. The van der Waals surface area contributed by atoms with E-state index < -0.39 is 0 Å². The first kappa shape index (κ1) is 18.9. The second-order valence-corrected chi connectivity index (χ2v) is 6.35. The van der Waals surface area contributed by atoms with Crippen LogP contribution in [0.3, 0.4) is 0 Å². The zero-order valence-corrected chi connectivity index (χ0v) is 15.7. The van der Waals surface area contributed by atoms with Crippen molar-refractivity contribution >= 4 is 23.2 Å². The highest BCUT2D eigenvalue weighted by molar-refractivity contribution is 7.80. The third kappa shape index (κ3) is 5.87. The van der Waals surface area contributed by atoms with Gasteiger partial charge in [0.2, 0.25) is 0 Å². The number of carbonyl (C=O) groups excluding carboxylic acids is 1. The van der Waals surface area contributed by atoms with Gasteiger partial charge >= 0.3 is 0 Å². The van der Waals surface area contributed by atoms with Crippen molar-refractivity contribution in [3.05, 3.63) is 65.7 Å². The molecule has 1 atom stereocenters. The lowest BCUT2D eigenvalue weighted by Crippen LogP contribution is -2.40. The highest BCUT2D eigenvalue weighted by atomic mass is 32.1. The van der Waals surface area contributed by atoms with Crippen LogP contribution in [0.1, 0.15) is 36.2 Å². The highest BCUT2D eigenvalue weighted by Crippen LogP contribution is 2.15. The van der Waals surface area contributed by atoms with Gasteiger partial charge in [-0.2, -0.15) is 0 Å². The summed E-state index contributed by atoms with van der Waals surface area (Å²) in [7, 11) is 1.86. The number of rotatable bonds is 6. The van der Waals surface area contributed by atoms with E-state index in [-0.39, 0.29) is 12.0 Å². The van der Waals surface area contributed by atoms with Crippen LogP contribution in [0.5, 0.6) is 5.75 Å². The van der Waals surface area contributed by atoms with Crippen LogP contribution in [0, 0.1) is 0 Å². The molecule has 0 aliphatic heterocycles. The molecule has 0 fully saturated rings. The van der Waals surface area contributed by atoms with E-state index in [1.807, 2.05) is 49.2 Å². The predicted octanol–water partition coefficient (Wildman–Crippen LogP) is 4.01. The quantitative estimate of drug-likeness (QED) is 0.794. The summed E-state index contributed by atoms with van der Waals surface area (Å²) in [4.78, 5) is 14.2. The number of ether oxygens (including phenoxy) is 1. The van der Waals surface area contributed by atoms with Crippen LogP contribution in [0.25, 0.3) is 0 Å². The van der Waals surface area contributed by atoms with Crippen LogP contribution in [0.15, 0.2) is 54.6 Å². The number of thiocarbonyl (C=S) groups is 1. The average molecular weight is 356 g/mol. The molecule has 0 bridgehead atoms. The molecule has 2 aromatic rings. The summed E-state index contributed by atoms with van der Waals surface area (Å²) in [5.41, 5.74) is 1.68. The molecule has 0 heterocycles. The van der Waals surface area contributed by atoms with Gasteiger partial charge in [0.15, 0.2) is 5.11 Å². The fourth-order valence-electron chi connectivity index (χ4n) is 2.19. The standard InChI is InChI=1S/C20H24N2O2S/c1-4-15(2)24-18-12-10-17(11-13-18)19(23)21-20(25)22(3)14-16-8-6-5-7-9-16/h5-13,15H,4,14H2,1-3H3,(H,21,23,25). The summed E-state index contributed by atoms with van der Waals surface area (Å²) >= 11 is 5.32. The Labute approximate surface area is 154 Å². The molecule has 0 aliphatic rings. The molecule has 0 saturated heterocycles. The van der Waals surface area contributed by atoms with Crippen LogP contribution in [-0.2, 0) is 6.54 Å². The molecular weight excluding hydrogens is 332 g/mol. The van der Waals surface area contributed by atoms with Crippen molar-refractivity contribution in [2.45, 2.75) is 32.9 Å². The Morgan fingerprint density at radius 2 is 1.80 bits per heavy atom. The van der Waals surface area contributed by atoms with Gasteiger partial charge in [-0.15, -0.1) is 0 Å². The Bertz CT molecular complexity index is 701. The normalized spacial score (nSPS) is 11.5. The van der Waals surface area contributed by atoms with Crippen molar-refractivity contribution < 1.29 is 9.53 Å². The predicted molar refractivity (Wildman–Crippen MR) is 105 cm³/mol. The monoisotopic (exact) mass is 356 g/mol. The first-order valence-electron chi connectivity index (χ1n) is 8.36. The Kier molecular flexibility index (Phi) is 6.95. The largest absolute Gasteiger partial charge is 0.491 e. The van der Waals surface area contributed by atoms with Crippen molar-refractivity contribution in [1.82, 2.24) is 10.2 Å². The summed E-state index contributed by atoms with van der Waals surface area (Å²) < 4.78 is 5.72. The second-order valence-electron chi connectivity index (χ2n) is 5.96. The molecular formula is C20H24N2O2S. The van der Waals surface area contributed by atoms with Gasteiger partial charge in [-0.3, -0.25) is 10.1 Å². The smallest absolute Gasteiger partial charge is 0.257 e. The molecule has 1 amide bonds. The number of nitrogens with zero attached hydrogens (tertiary/aromatic N) is 1. The lowest BCUT2D eigenvalue weighted by atomic mass is 10.2. The van der Waals surface area contributed by atoms with Gasteiger partial charge in [-0.1, -0.05) is 37.3 Å². The summed E-state index contributed by atoms with van der Waals surface area (Å²) in [6.45, 7) is 4.72. The molecule has 5 heteroatoms. The molecule has 1 N–H and O–H groups in total. The number of hydrogen-bond donors (Lipinski definition) is 1. The van der Waals surface area contributed by atoms with Gasteiger partial charge < -0.3 is 9.64 Å². The van der Waals surface area contributed by atoms with E-state index in [4.69, 9.17) is 17.0 Å². The zero-order chi connectivity index (χ0) is 18.2. The minimum Gasteiger partial charge on any atom is -0.491 e. The van der Waals surface area contributed by atoms with E-state index in [9.17, 15) is 4.79 Å². The number of hydrogen-bond acceptors (Lipinski definition) is 3. The molecule has 1 unspecified atom stereocenters. The number of benzene rings is 2. The fraction of sp³-hybridized carbons (Fsp3) is 0.300. The van der Waals surface area contributed by atoms with Crippen molar-refractivity contribution in [2.75, 3.05) is 7.05 Å². The van der Waals surface area contributed by atoms with Gasteiger partial charge in [-0.25, -0.2) is 0 Å². The van der Waals surface area contributed by atoms with Gasteiger partial charge in [0.1, 0.15) is 5.75 Å². The molecule has 4 nitrogen and oxygen atoms in total. The highest BCUT2D eigenvalue weighted by Gasteiger charge is 2.12. The topological polar surface area (TPSA) is 41.6 Å². The first-order valence-corrected chi connectivity index (χ1v) is 8.77. The third-order valence-electron chi connectivity index (χ3n) is 3.86. The summed E-state index contributed by atoms with van der Waals surface area (Å²) in [5, 5.41) is 3.16. The van der Waals surface area contributed by atoms with Gasteiger partial charge in [0.25, 0.3) is 5.91 Å². The molecule has 2 aromatic carbocycles. The lowest BCUT2D eigenvalue weighted by Gasteiger charge is -2.20. The Hall–Kier alpha value is -2.40. The van der Waals surface area contributed by atoms with Gasteiger partial charge in [0.05, 0.1) is 6.10 Å². The number of carbonyl (C=O) groups is 1. The minimum absolute atomic E-state index is 0.152. The van der Waals surface area contributed by atoms with Crippen LogP contribution in [-0.4, -0.2) is 29.1 Å². The van der Waals surface area contributed by atoms with Gasteiger partial charge in [-0.05, 0) is 55.4 Å². The Morgan fingerprint density at radius 1 is 1.16 bits per heavy atom. The van der Waals surface area contributed by atoms with Crippen LogP contribution in [0.2, 0.25) is 0 Å². The van der Waals surface area contributed by atoms with Crippen LogP contribution >= 0.6 is 12.2 Å².